The van der Waals surface area contributed by atoms with Gasteiger partial charge in [-0.05, 0) is 17.7 Å². The van der Waals surface area contributed by atoms with Crippen molar-refractivity contribution in [3.63, 3.8) is 0 Å². The molecule has 1 heterocycles. The molecule has 0 saturated carbocycles. The Morgan fingerprint density at radius 1 is 1.20 bits per heavy atom. The van der Waals surface area contributed by atoms with Crippen molar-refractivity contribution in [2.75, 3.05) is 26.2 Å². The highest BCUT2D eigenvalue weighted by atomic mass is 19.2. The van der Waals surface area contributed by atoms with E-state index in [1.165, 1.54) is 11.0 Å². The summed E-state index contributed by atoms with van der Waals surface area (Å²) in [5, 5.41) is 5.48. The Morgan fingerprint density at radius 2 is 1.90 bits per heavy atom. The van der Waals surface area contributed by atoms with Crippen LogP contribution in [0.4, 0.5) is 8.78 Å². The molecule has 0 unspecified atom stereocenters. The van der Waals surface area contributed by atoms with Gasteiger partial charge < -0.3 is 15.5 Å². The highest BCUT2D eigenvalue weighted by Crippen LogP contribution is 2.08. The summed E-state index contributed by atoms with van der Waals surface area (Å²) in [6.45, 7) is 2.26. The Morgan fingerprint density at radius 3 is 2.55 bits per heavy atom. The molecule has 2 rings (SSSR count). The van der Waals surface area contributed by atoms with E-state index < -0.39 is 23.4 Å². The number of carbonyl (C=O) groups excluding carboxylic acids is 2. The number of benzene rings is 1. The molecule has 1 aromatic carbocycles. The molecule has 108 valence electrons. The molecular weight excluding hydrogens is 268 g/mol. The maximum absolute atomic E-state index is 13.0. The summed E-state index contributed by atoms with van der Waals surface area (Å²) in [4.78, 5) is 24.9. The highest BCUT2D eigenvalue weighted by Gasteiger charge is 2.22. The molecule has 7 heteroatoms. The maximum Gasteiger partial charge on any atom is 0.311 e. The van der Waals surface area contributed by atoms with E-state index in [0.717, 1.165) is 12.1 Å². The first-order chi connectivity index (χ1) is 9.58. The van der Waals surface area contributed by atoms with Crippen LogP contribution in [0.1, 0.15) is 5.56 Å². The predicted molar refractivity (Wildman–Crippen MR) is 67.7 cm³/mol. The van der Waals surface area contributed by atoms with Gasteiger partial charge in [0.1, 0.15) is 0 Å². The quantitative estimate of drug-likeness (QED) is 0.752. The molecule has 1 aliphatic heterocycles. The van der Waals surface area contributed by atoms with E-state index in [9.17, 15) is 18.4 Å². The molecule has 1 aromatic rings. The first kappa shape index (κ1) is 14.4. The summed E-state index contributed by atoms with van der Waals surface area (Å²) in [5.41, 5.74) is 0.394. The molecule has 2 N–H and O–H groups in total. The second kappa shape index (κ2) is 6.42. The van der Waals surface area contributed by atoms with Gasteiger partial charge in [-0.15, -0.1) is 0 Å². The summed E-state index contributed by atoms with van der Waals surface area (Å²) in [6, 6.07) is 3.33. The largest absolute Gasteiger partial charge is 0.344 e. The number of hydrogen-bond acceptors (Lipinski definition) is 3. The number of piperazine rings is 1. The van der Waals surface area contributed by atoms with Crippen LogP contribution in [0.25, 0.3) is 0 Å². The van der Waals surface area contributed by atoms with Gasteiger partial charge in [0.15, 0.2) is 11.6 Å². The molecule has 5 nitrogen and oxygen atoms in total. The molecule has 0 atom stereocenters. The molecule has 1 fully saturated rings. The summed E-state index contributed by atoms with van der Waals surface area (Å²) in [6.07, 6.45) is 0. The lowest BCUT2D eigenvalue weighted by atomic mass is 10.2. The normalized spacial score (nSPS) is 15.0. The average molecular weight is 283 g/mol. The van der Waals surface area contributed by atoms with Crippen LogP contribution in [0.15, 0.2) is 18.2 Å². The van der Waals surface area contributed by atoms with Gasteiger partial charge in [0.05, 0.1) is 0 Å². The Kier molecular flexibility index (Phi) is 4.62. The second-order valence-corrected chi connectivity index (χ2v) is 4.47. The van der Waals surface area contributed by atoms with Crippen molar-refractivity contribution in [2.24, 2.45) is 0 Å². The number of rotatable bonds is 2. The number of nitrogens with one attached hydrogen (secondary N) is 2. The number of amides is 2. The summed E-state index contributed by atoms with van der Waals surface area (Å²) in [5.74, 6) is -3.27. The topological polar surface area (TPSA) is 61.4 Å². The van der Waals surface area contributed by atoms with Crippen molar-refractivity contribution in [3.05, 3.63) is 35.4 Å². The first-order valence-corrected chi connectivity index (χ1v) is 6.29. The standard InChI is InChI=1S/C13H15F2N3O2/c14-10-2-1-9(7-11(10)15)8-17-12(19)13(20)18-5-3-16-4-6-18/h1-2,7,16H,3-6,8H2,(H,17,19). The third-order valence-electron chi connectivity index (χ3n) is 3.04. The minimum Gasteiger partial charge on any atom is -0.344 e. The van der Waals surface area contributed by atoms with Gasteiger partial charge in [0.25, 0.3) is 0 Å². The van der Waals surface area contributed by atoms with Crippen molar-refractivity contribution in [2.45, 2.75) is 6.54 Å². The van der Waals surface area contributed by atoms with E-state index in [1.807, 2.05) is 0 Å². The fraction of sp³-hybridized carbons (Fsp3) is 0.385. The molecule has 0 bridgehead atoms. The molecular formula is C13H15F2N3O2. The predicted octanol–water partition coefficient (Wildman–Crippen LogP) is 0.0128. The lowest BCUT2D eigenvalue weighted by molar-refractivity contribution is -0.146. The third kappa shape index (κ3) is 3.51. The second-order valence-electron chi connectivity index (χ2n) is 4.47. The van der Waals surface area contributed by atoms with Crippen LogP contribution in [-0.4, -0.2) is 42.9 Å². The number of nitrogens with zero attached hydrogens (tertiary/aromatic N) is 1. The van der Waals surface area contributed by atoms with Crippen LogP contribution in [0.5, 0.6) is 0 Å². The average Bonchev–Trinajstić information content (AvgIpc) is 2.48. The SMILES string of the molecule is O=C(NCc1ccc(F)c(F)c1)C(=O)N1CCNCC1. The van der Waals surface area contributed by atoms with Crippen molar-refractivity contribution >= 4 is 11.8 Å². The molecule has 0 spiro atoms. The highest BCUT2D eigenvalue weighted by molar-refractivity contribution is 6.34. The fourth-order valence-corrected chi connectivity index (χ4v) is 1.92. The Balaban J connectivity index is 1.87. The lowest BCUT2D eigenvalue weighted by Gasteiger charge is -2.26. The summed E-state index contributed by atoms with van der Waals surface area (Å²) < 4.78 is 25.7. The van der Waals surface area contributed by atoms with Crippen molar-refractivity contribution in [1.82, 2.24) is 15.5 Å². The molecule has 1 saturated heterocycles. The van der Waals surface area contributed by atoms with Gasteiger partial charge in [-0.2, -0.15) is 0 Å². The van der Waals surface area contributed by atoms with Crippen LogP contribution in [-0.2, 0) is 16.1 Å². The van der Waals surface area contributed by atoms with Gasteiger partial charge in [-0.25, -0.2) is 8.78 Å². The molecule has 0 radical (unpaired) electrons. The zero-order chi connectivity index (χ0) is 14.5. The molecule has 2 amide bonds. The monoisotopic (exact) mass is 283 g/mol. The van der Waals surface area contributed by atoms with Gasteiger partial charge in [-0.1, -0.05) is 6.07 Å². The van der Waals surface area contributed by atoms with Gasteiger partial charge in [0.2, 0.25) is 0 Å². The van der Waals surface area contributed by atoms with Gasteiger partial charge in [0, 0.05) is 32.7 Å². The van der Waals surface area contributed by atoms with Crippen molar-refractivity contribution < 1.29 is 18.4 Å². The number of carbonyl (C=O) groups is 2. The lowest BCUT2D eigenvalue weighted by Crippen LogP contribution is -2.51. The van der Waals surface area contributed by atoms with Crippen LogP contribution in [0.3, 0.4) is 0 Å². The Bertz CT molecular complexity index is 516. The minimum absolute atomic E-state index is 0.0200. The first-order valence-electron chi connectivity index (χ1n) is 6.29. The third-order valence-corrected chi connectivity index (χ3v) is 3.04. The number of hydrogen-bond donors (Lipinski definition) is 2. The smallest absolute Gasteiger partial charge is 0.311 e. The van der Waals surface area contributed by atoms with E-state index in [1.54, 1.807) is 0 Å². The van der Waals surface area contributed by atoms with E-state index >= 15 is 0 Å². The summed E-state index contributed by atoms with van der Waals surface area (Å²) in [7, 11) is 0. The zero-order valence-corrected chi connectivity index (χ0v) is 10.8. The van der Waals surface area contributed by atoms with E-state index in [4.69, 9.17) is 0 Å². The Hall–Kier alpha value is -2.02. The van der Waals surface area contributed by atoms with Crippen LogP contribution in [0, 0.1) is 11.6 Å². The Labute approximate surface area is 114 Å². The van der Waals surface area contributed by atoms with Crippen molar-refractivity contribution in [3.8, 4) is 0 Å². The number of halogens is 2. The fourth-order valence-electron chi connectivity index (χ4n) is 1.92. The summed E-state index contributed by atoms with van der Waals surface area (Å²) >= 11 is 0. The van der Waals surface area contributed by atoms with Crippen LogP contribution < -0.4 is 10.6 Å². The molecule has 0 aliphatic carbocycles. The van der Waals surface area contributed by atoms with E-state index in [-0.39, 0.29) is 6.54 Å². The van der Waals surface area contributed by atoms with E-state index in [2.05, 4.69) is 10.6 Å². The van der Waals surface area contributed by atoms with E-state index in [0.29, 0.717) is 31.7 Å². The van der Waals surface area contributed by atoms with Crippen molar-refractivity contribution in [1.29, 1.82) is 0 Å². The minimum atomic E-state index is -0.981. The zero-order valence-electron chi connectivity index (χ0n) is 10.8. The molecule has 1 aliphatic rings. The van der Waals surface area contributed by atoms with Crippen LogP contribution in [0.2, 0.25) is 0 Å². The molecule has 20 heavy (non-hydrogen) atoms. The molecule has 0 aromatic heterocycles. The van der Waals surface area contributed by atoms with Gasteiger partial charge in [-0.3, -0.25) is 9.59 Å². The maximum atomic E-state index is 13.0. The van der Waals surface area contributed by atoms with Crippen LogP contribution >= 0.6 is 0 Å². The van der Waals surface area contributed by atoms with Gasteiger partial charge >= 0.3 is 11.8 Å².